The van der Waals surface area contributed by atoms with Crippen molar-refractivity contribution >= 4 is 0 Å². The first kappa shape index (κ1) is 16.2. The Morgan fingerprint density at radius 1 is 1.35 bits per heavy atom. The van der Waals surface area contributed by atoms with Gasteiger partial charge in [0.1, 0.15) is 0 Å². The molecule has 0 spiro atoms. The molecule has 4 unspecified atom stereocenters. The van der Waals surface area contributed by atoms with Crippen LogP contribution in [0.5, 0.6) is 0 Å². The highest BCUT2D eigenvalue weighted by Crippen LogP contribution is 2.19. The Kier molecular flexibility index (Phi) is 7.24. The Hall–Kier alpha value is -0.200. The Morgan fingerprint density at radius 3 is 2.90 bits per heavy atom. The second kappa shape index (κ2) is 8.95. The van der Waals surface area contributed by atoms with Crippen LogP contribution in [0.15, 0.2) is 0 Å². The smallest absolute Gasteiger partial charge is 0.0778 e. The highest BCUT2D eigenvalue weighted by molar-refractivity contribution is 4.75. The molecule has 0 radical (unpaired) electrons. The molecule has 5 heteroatoms. The Balaban J connectivity index is 1.58. The Bertz CT molecular complexity index is 258. The molecule has 2 saturated heterocycles. The summed E-state index contributed by atoms with van der Waals surface area (Å²) in [5, 5.41) is 3.64. The van der Waals surface area contributed by atoms with Gasteiger partial charge in [-0.15, -0.1) is 0 Å². The van der Waals surface area contributed by atoms with Gasteiger partial charge in [0, 0.05) is 12.6 Å². The van der Waals surface area contributed by atoms with Crippen LogP contribution in [0.1, 0.15) is 58.8 Å². The van der Waals surface area contributed by atoms with Crippen LogP contribution in [0.2, 0.25) is 0 Å². The van der Waals surface area contributed by atoms with Crippen LogP contribution in [0, 0.1) is 5.92 Å². The van der Waals surface area contributed by atoms with Gasteiger partial charge >= 0.3 is 0 Å². The molecule has 2 rings (SSSR count). The van der Waals surface area contributed by atoms with Gasteiger partial charge in [-0.25, -0.2) is 5.43 Å². The molecular formula is C15H32N4O. The minimum absolute atomic E-state index is 0.383. The van der Waals surface area contributed by atoms with Crippen LogP contribution in [-0.2, 0) is 4.84 Å². The lowest BCUT2D eigenvalue weighted by molar-refractivity contribution is 0.0354. The van der Waals surface area contributed by atoms with Crippen molar-refractivity contribution in [2.75, 3.05) is 13.1 Å². The summed E-state index contributed by atoms with van der Waals surface area (Å²) in [7, 11) is 0. The average molecular weight is 284 g/mol. The van der Waals surface area contributed by atoms with E-state index < -0.39 is 0 Å². The van der Waals surface area contributed by atoms with Crippen LogP contribution in [0.25, 0.3) is 0 Å². The third-order valence-electron chi connectivity index (χ3n) is 4.40. The lowest BCUT2D eigenvalue weighted by atomic mass is 9.94. The molecule has 4 N–H and O–H groups in total. The quantitative estimate of drug-likeness (QED) is 0.519. The van der Waals surface area contributed by atoms with Gasteiger partial charge in [0.05, 0.1) is 12.3 Å². The number of hydrazine groups is 1. The normalized spacial score (nSPS) is 31.8. The standard InChI is InChI=1S/C15H32N4O/c1-3-5-13(11-16-15-8-9-17-18-15)6-4-7-14-10-12(2)20-19-14/h12-19H,3-11H2,1-2H3. The van der Waals surface area contributed by atoms with Crippen molar-refractivity contribution in [3.63, 3.8) is 0 Å². The molecule has 0 amide bonds. The molecule has 2 aliphatic heterocycles. The first-order chi connectivity index (χ1) is 9.78. The van der Waals surface area contributed by atoms with Crippen LogP contribution >= 0.6 is 0 Å². The van der Waals surface area contributed by atoms with Crippen molar-refractivity contribution in [1.82, 2.24) is 21.6 Å². The molecule has 0 aliphatic carbocycles. The fraction of sp³-hybridized carbons (Fsp3) is 1.00. The molecule has 20 heavy (non-hydrogen) atoms. The summed E-state index contributed by atoms with van der Waals surface area (Å²) in [6, 6.07) is 0.570. The maximum atomic E-state index is 5.41. The van der Waals surface area contributed by atoms with Crippen molar-refractivity contribution in [2.24, 2.45) is 5.92 Å². The van der Waals surface area contributed by atoms with Crippen molar-refractivity contribution in [2.45, 2.75) is 77.1 Å². The fourth-order valence-corrected chi connectivity index (χ4v) is 3.24. The van der Waals surface area contributed by atoms with E-state index >= 15 is 0 Å². The van der Waals surface area contributed by atoms with E-state index in [2.05, 4.69) is 35.5 Å². The van der Waals surface area contributed by atoms with E-state index in [-0.39, 0.29) is 0 Å². The summed E-state index contributed by atoms with van der Waals surface area (Å²) in [6.07, 6.45) is 9.67. The zero-order valence-corrected chi connectivity index (χ0v) is 13.1. The largest absolute Gasteiger partial charge is 0.301 e. The summed E-state index contributed by atoms with van der Waals surface area (Å²) >= 11 is 0. The monoisotopic (exact) mass is 284 g/mol. The number of hydrogen-bond acceptors (Lipinski definition) is 5. The summed E-state index contributed by atoms with van der Waals surface area (Å²) in [5.74, 6) is 0.808. The van der Waals surface area contributed by atoms with Crippen LogP contribution in [-0.4, -0.2) is 31.4 Å². The van der Waals surface area contributed by atoms with Crippen LogP contribution in [0.3, 0.4) is 0 Å². The minimum Gasteiger partial charge on any atom is -0.301 e. The summed E-state index contributed by atoms with van der Waals surface area (Å²) in [6.45, 7) is 6.63. The van der Waals surface area contributed by atoms with Gasteiger partial charge in [-0.2, -0.15) is 5.48 Å². The van der Waals surface area contributed by atoms with E-state index in [0.29, 0.717) is 18.3 Å². The lowest BCUT2D eigenvalue weighted by Gasteiger charge is -2.20. The molecule has 0 saturated carbocycles. The summed E-state index contributed by atoms with van der Waals surface area (Å²) < 4.78 is 0. The van der Waals surface area contributed by atoms with Gasteiger partial charge in [0.15, 0.2) is 0 Å². The number of hydrogen-bond donors (Lipinski definition) is 4. The molecule has 0 bridgehead atoms. The minimum atomic E-state index is 0.383. The maximum Gasteiger partial charge on any atom is 0.0778 e. The van der Waals surface area contributed by atoms with Crippen LogP contribution < -0.4 is 21.6 Å². The molecule has 0 aromatic rings. The van der Waals surface area contributed by atoms with E-state index in [1.165, 1.54) is 38.5 Å². The Labute approximate surface area is 123 Å². The third kappa shape index (κ3) is 5.66. The zero-order valence-electron chi connectivity index (χ0n) is 13.1. The van der Waals surface area contributed by atoms with E-state index in [0.717, 1.165) is 25.4 Å². The SMILES string of the molecule is CCCC(CCCC1CC(C)ON1)CNC1CCNN1. The maximum absolute atomic E-state index is 5.41. The highest BCUT2D eigenvalue weighted by Gasteiger charge is 2.21. The first-order valence-electron chi connectivity index (χ1n) is 8.41. The molecule has 2 heterocycles. The van der Waals surface area contributed by atoms with Gasteiger partial charge in [-0.1, -0.05) is 19.8 Å². The molecule has 0 aromatic heterocycles. The van der Waals surface area contributed by atoms with Gasteiger partial charge in [0.25, 0.3) is 0 Å². The second-order valence-electron chi connectivity index (χ2n) is 6.39. The molecular weight excluding hydrogens is 252 g/mol. The van der Waals surface area contributed by atoms with Gasteiger partial charge in [-0.3, -0.25) is 10.3 Å². The number of hydroxylamine groups is 1. The third-order valence-corrected chi connectivity index (χ3v) is 4.40. The van der Waals surface area contributed by atoms with Crippen molar-refractivity contribution < 1.29 is 4.84 Å². The van der Waals surface area contributed by atoms with E-state index in [1.807, 2.05) is 0 Å². The first-order valence-corrected chi connectivity index (χ1v) is 8.41. The average Bonchev–Trinajstić information content (AvgIpc) is 3.08. The molecule has 5 nitrogen and oxygen atoms in total. The molecule has 2 fully saturated rings. The van der Waals surface area contributed by atoms with Crippen LogP contribution in [0.4, 0.5) is 0 Å². The molecule has 2 aliphatic rings. The summed E-state index contributed by atoms with van der Waals surface area (Å²) in [5.41, 5.74) is 9.60. The predicted molar refractivity (Wildman–Crippen MR) is 81.9 cm³/mol. The highest BCUT2D eigenvalue weighted by atomic mass is 16.7. The van der Waals surface area contributed by atoms with Crippen molar-refractivity contribution in [3.05, 3.63) is 0 Å². The second-order valence-corrected chi connectivity index (χ2v) is 6.39. The molecule has 0 aromatic carbocycles. The van der Waals surface area contributed by atoms with E-state index in [4.69, 9.17) is 4.84 Å². The van der Waals surface area contributed by atoms with Crippen molar-refractivity contribution in [1.29, 1.82) is 0 Å². The van der Waals surface area contributed by atoms with Gasteiger partial charge in [0.2, 0.25) is 0 Å². The van der Waals surface area contributed by atoms with Crippen molar-refractivity contribution in [3.8, 4) is 0 Å². The van der Waals surface area contributed by atoms with Gasteiger partial charge in [-0.05, 0) is 51.5 Å². The fourth-order valence-electron chi connectivity index (χ4n) is 3.24. The molecule has 4 atom stereocenters. The van der Waals surface area contributed by atoms with Gasteiger partial charge < -0.3 is 5.32 Å². The molecule has 118 valence electrons. The number of nitrogens with one attached hydrogen (secondary N) is 4. The lowest BCUT2D eigenvalue weighted by Crippen LogP contribution is -2.43. The Morgan fingerprint density at radius 2 is 2.25 bits per heavy atom. The predicted octanol–water partition coefficient (Wildman–Crippen LogP) is 1.67. The topological polar surface area (TPSA) is 57.4 Å². The van der Waals surface area contributed by atoms with E-state index in [1.54, 1.807) is 0 Å². The van der Waals surface area contributed by atoms with E-state index in [9.17, 15) is 0 Å². The zero-order chi connectivity index (χ0) is 14.2. The number of rotatable bonds is 9. The summed E-state index contributed by atoms with van der Waals surface area (Å²) in [4.78, 5) is 5.41.